The third-order valence-electron chi connectivity index (χ3n) is 3.25. The van der Waals surface area contributed by atoms with E-state index in [-0.39, 0.29) is 11.2 Å². The predicted octanol–water partition coefficient (Wildman–Crippen LogP) is 2.14. The number of nitrogens with zero attached hydrogens (tertiary/aromatic N) is 3. The fourth-order valence-electron chi connectivity index (χ4n) is 2.20. The number of hydrogen-bond acceptors (Lipinski definition) is 4. The molecule has 7 heteroatoms. The number of amides is 1. The number of anilines is 1. The first-order valence-electron chi connectivity index (χ1n) is 6.23. The van der Waals surface area contributed by atoms with Crippen LogP contribution in [0.15, 0.2) is 6.20 Å². The maximum atomic E-state index is 10.9. The number of aromatic nitrogens is 2. The Morgan fingerprint density at radius 1 is 1.47 bits per heavy atom. The molecule has 0 aliphatic carbocycles. The lowest BCUT2D eigenvalue weighted by Crippen LogP contribution is -2.38. The van der Waals surface area contributed by atoms with Crippen molar-refractivity contribution in [1.82, 2.24) is 15.3 Å². The largest absolute Gasteiger partial charge is 0.356 e. The molecule has 1 aromatic heterocycles. The number of halogens is 2. The van der Waals surface area contributed by atoms with Crippen LogP contribution in [0.2, 0.25) is 10.3 Å². The van der Waals surface area contributed by atoms with Gasteiger partial charge >= 0.3 is 0 Å². The Kier molecular flexibility index (Phi) is 4.82. The van der Waals surface area contributed by atoms with Crippen LogP contribution in [0, 0.1) is 5.92 Å². The smallest absolute Gasteiger partial charge is 0.224 e. The first-order valence-corrected chi connectivity index (χ1v) is 6.99. The van der Waals surface area contributed by atoms with Crippen molar-refractivity contribution in [1.29, 1.82) is 0 Å². The molecular weight excluding hydrogens is 287 g/mol. The zero-order chi connectivity index (χ0) is 13.8. The molecule has 19 heavy (non-hydrogen) atoms. The van der Waals surface area contributed by atoms with E-state index in [0.29, 0.717) is 16.8 Å². The monoisotopic (exact) mass is 302 g/mol. The molecule has 1 aliphatic rings. The van der Waals surface area contributed by atoms with E-state index in [4.69, 9.17) is 23.2 Å². The van der Waals surface area contributed by atoms with Crippen LogP contribution in [0.25, 0.3) is 0 Å². The highest BCUT2D eigenvalue weighted by atomic mass is 35.5. The van der Waals surface area contributed by atoms with Gasteiger partial charge in [0, 0.05) is 26.6 Å². The lowest BCUT2D eigenvalue weighted by atomic mass is 9.97. The fraction of sp³-hybridized carbons (Fsp3) is 0.583. The Hall–Kier alpha value is -1.07. The number of carbonyl (C=O) groups excluding carboxylic acids is 1. The first kappa shape index (κ1) is 14.3. The molecule has 104 valence electrons. The molecule has 1 saturated heterocycles. The van der Waals surface area contributed by atoms with Crippen LogP contribution >= 0.6 is 23.2 Å². The quantitative estimate of drug-likeness (QED) is 0.869. The first-order chi connectivity index (χ1) is 9.06. The zero-order valence-electron chi connectivity index (χ0n) is 10.7. The lowest BCUT2D eigenvalue weighted by Gasteiger charge is -2.33. The van der Waals surface area contributed by atoms with Crippen LogP contribution in [0.3, 0.4) is 0 Å². The van der Waals surface area contributed by atoms with Gasteiger partial charge in [-0.2, -0.15) is 4.98 Å². The minimum absolute atomic E-state index is 0.0213. The van der Waals surface area contributed by atoms with Gasteiger partial charge in [-0.1, -0.05) is 11.6 Å². The summed E-state index contributed by atoms with van der Waals surface area (Å²) in [5.41, 5.74) is 0. The fourth-order valence-corrected chi connectivity index (χ4v) is 2.54. The normalized spacial score (nSPS) is 16.5. The van der Waals surface area contributed by atoms with Crippen LogP contribution < -0.4 is 10.2 Å². The summed E-state index contributed by atoms with van der Waals surface area (Å²) in [6.07, 6.45) is 3.52. The standard InChI is InChI=1S/C12H16Cl2N4O/c1-8(19)15-6-9-2-4-18(5-3-9)11-10(13)7-16-12(14)17-11/h7,9H,2-6H2,1H3,(H,15,19). The predicted molar refractivity (Wildman–Crippen MR) is 75.7 cm³/mol. The van der Waals surface area contributed by atoms with E-state index in [0.717, 1.165) is 32.5 Å². The second-order valence-electron chi connectivity index (χ2n) is 4.68. The van der Waals surface area contributed by atoms with Gasteiger partial charge in [0.25, 0.3) is 0 Å². The van der Waals surface area contributed by atoms with Crippen molar-refractivity contribution >= 4 is 34.9 Å². The van der Waals surface area contributed by atoms with E-state index in [1.165, 1.54) is 13.1 Å². The second-order valence-corrected chi connectivity index (χ2v) is 5.42. The lowest BCUT2D eigenvalue weighted by molar-refractivity contribution is -0.119. The number of carbonyl (C=O) groups is 1. The Balaban J connectivity index is 1.92. The van der Waals surface area contributed by atoms with Crippen molar-refractivity contribution in [2.24, 2.45) is 5.92 Å². The molecule has 2 heterocycles. The number of rotatable bonds is 3. The second kappa shape index (κ2) is 6.39. The van der Waals surface area contributed by atoms with Crippen LogP contribution in [0.5, 0.6) is 0 Å². The van der Waals surface area contributed by atoms with Crippen LogP contribution in [0.4, 0.5) is 5.82 Å². The molecule has 1 amide bonds. The van der Waals surface area contributed by atoms with Gasteiger partial charge in [0.15, 0.2) is 5.82 Å². The number of hydrogen-bond donors (Lipinski definition) is 1. The van der Waals surface area contributed by atoms with Gasteiger partial charge in [0.1, 0.15) is 5.02 Å². The van der Waals surface area contributed by atoms with E-state index in [2.05, 4.69) is 20.2 Å². The van der Waals surface area contributed by atoms with Crippen molar-refractivity contribution in [2.45, 2.75) is 19.8 Å². The summed E-state index contributed by atoms with van der Waals surface area (Å²) in [4.78, 5) is 21.0. The van der Waals surface area contributed by atoms with E-state index in [9.17, 15) is 4.79 Å². The van der Waals surface area contributed by atoms with Crippen molar-refractivity contribution in [2.75, 3.05) is 24.5 Å². The summed E-state index contributed by atoms with van der Waals surface area (Å²) >= 11 is 11.9. The molecule has 0 radical (unpaired) electrons. The van der Waals surface area contributed by atoms with Crippen LogP contribution in [-0.2, 0) is 4.79 Å². The number of nitrogens with one attached hydrogen (secondary N) is 1. The van der Waals surface area contributed by atoms with E-state index in [1.807, 2.05) is 0 Å². The molecule has 0 unspecified atom stereocenters. The molecule has 0 atom stereocenters. The highest BCUT2D eigenvalue weighted by Gasteiger charge is 2.22. The topological polar surface area (TPSA) is 58.1 Å². The Bertz CT molecular complexity index is 461. The molecule has 1 aromatic rings. The van der Waals surface area contributed by atoms with Crippen LogP contribution in [-0.4, -0.2) is 35.5 Å². The highest BCUT2D eigenvalue weighted by Crippen LogP contribution is 2.27. The number of piperidine rings is 1. The molecule has 0 bridgehead atoms. The van der Waals surface area contributed by atoms with Crippen molar-refractivity contribution in [3.8, 4) is 0 Å². The average molecular weight is 303 g/mol. The Morgan fingerprint density at radius 2 is 2.16 bits per heavy atom. The van der Waals surface area contributed by atoms with Gasteiger partial charge in [-0.15, -0.1) is 0 Å². The summed E-state index contributed by atoms with van der Waals surface area (Å²) in [5, 5.41) is 3.59. The van der Waals surface area contributed by atoms with Gasteiger partial charge in [-0.3, -0.25) is 4.79 Å². The van der Waals surface area contributed by atoms with E-state index < -0.39 is 0 Å². The van der Waals surface area contributed by atoms with Gasteiger partial charge in [0.05, 0.1) is 6.20 Å². The molecular formula is C12H16Cl2N4O. The molecule has 0 aromatic carbocycles. The highest BCUT2D eigenvalue weighted by molar-refractivity contribution is 6.33. The summed E-state index contributed by atoms with van der Waals surface area (Å²) in [6.45, 7) is 3.99. The zero-order valence-corrected chi connectivity index (χ0v) is 12.2. The molecule has 0 spiro atoms. The third kappa shape index (κ3) is 3.94. The minimum atomic E-state index is 0.0213. The molecule has 0 saturated carbocycles. The van der Waals surface area contributed by atoms with Gasteiger partial charge < -0.3 is 10.2 Å². The maximum absolute atomic E-state index is 10.9. The van der Waals surface area contributed by atoms with Gasteiger partial charge in [0.2, 0.25) is 11.2 Å². The van der Waals surface area contributed by atoms with Crippen molar-refractivity contribution in [3.05, 3.63) is 16.5 Å². The van der Waals surface area contributed by atoms with E-state index in [1.54, 1.807) is 0 Å². The molecule has 2 rings (SSSR count). The minimum Gasteiger partial charge on any atom is -0.356 e. The SMILES string of the molecule is CC(=O)NCC1CCN(c2nc(Cl)ncc2Cl)CC1. The average Bonchev–Trinajstić information content (AvgIpc) is 2.40. The Labute approximate surface area is 122 Å². The van der Waals surface area contributed by atoms with Gasteiger partial charge in [-0.05, 0) is 30.4 Å². The maximum Gasteiger partial charge on any atom is 0.224 e. The van der Waals surface area contributed by atoms with Gasteiger partial charge in [-0.25, -0.2) is 4.98 Å². The molecule has 1 aliphatic heterocycles. The van der Waals surface area contributed by atoms with E-state index >= 15 is 0 Å². The summed E-state index contributed by atoms with van der Waals surface area (Å²) in [6, 6.07) is 0. The molecule has 1 fully saturated rings. The summed E-state index contributed by atoms with van der Waals surface area (Å²) in [7, 11) is 0. The summed E-state index contributed by atoms with van der Waals surface area (Å²) in [5.74, 6) is 1.23. The molecule has 5 nitrogen and oxygen atoms in total. The van der Waals surface area contributed by atoms with Crippen molar-refractivity contribution < 1.29 is 4.79 Å². The van der Waals surface area contributed by atoms with Crippen LogP contribution in [0.1, 0.15) is 19.8 Å². The molecule has 1 N–H and O–H groups in total. The summed E-state index contributed by atoms with van der Waals surface area (Å²) < 4.78 is 0. The Morgan fingerprint density at radius 3 is 2.79 bits per heavy atom. The third-order valence-corrected chi connectivity index (χ3v) is 3.70. The van der Waals surface area contributed by atoms with Crippen molar-refractivity contribution in [3.63, 3.8) is 0 Å².